The molecule has 1 saturated carbocycles. The minimum Gasteiger partial charge on any atom is -0.508 e. The molecule has 4 amide bonds. The Kier molecular flexibility index (Phi) is 9.70. The number of phenolic OH excluding ortho intramolecular Hbond substituents is 2. The fourth-order valence-electron chi connectivity index (χ4n) is 9.42. The Labute approximate surface area is 333 Å². The van der Waals surface area contributed by atoms with Crippen LogP contribution in [0.3, 0.4) is 0 Å². The van der Waals surface area contributed by atoms with Crippen molar-refractivity contribution in [2.45, 2.75) is 37.5 Å². The average Bonchev–Trinajstić information content (AvgIpc) is 3.56. The molecule has 11 nitrogen and oxygen atoms in total. The van der Waals surface area contributed by atoms with Gasteiger partial charge in [0.15, 0.2) is 11.5 Å². The lowest BCUT2D eigenvalue weighted by atomic mass is 9.49. The molecule has 6 atom stereocenters. The highest BCUT2D eigenvalue weighted by molar-refractivity contribution is 6.36. The maximum absolute atomic E-state index is 15.5. The van der Waals surface area contributed by atoms with E-state index in [0.29, 0.717) is 33.9 Å². The van der Waals surface area contributed by atoms with Crippen molar-refractivity contribution in [2.75, 3.05) is 25.7 Å². The highest BCUT2D eigenvalue weighted by Crippen LogP contribution is 2.65. The van der Waals surface area contributed by atoms with Crippen LogP contribution in [0.2, 0.25) is 10.0 Å². The summed E-state index contributed by atoms with van der Waals surface area (Å²) in [6, 6.07) is 23.3. The molecule has 2 saturated heterocycles. The second kappa shape index (κ2) is 14.5. The van der Waals surface area contributed by atoms with Crippen LogP contribution in [-0.4, -0.2) is 64.0 Å². The molecule has 288 valence electrons. The fourth-order valence-corrected chi connectivity index (χ4v) is 9.87. The minimum atomic E-state index is -1.64. The topological polar surface area (TPSA) is 146 Å². The molecule has 8 rings (SSSR count). The highest BCUT2D eigenvalue weighted by Gasteiger charge is 2.70. The number of likely N-dealkylation sites (tertiary alicyclic amines) is 1. The molecule has 0 unspecified atom stereocenters. The van der Waals surface area contributed by atoms with Gasteiger partial charge in [0, 0.05) is 23.0 Å². The van der Waals surface area contributed by atoms with Gasteiger partial charge in [-0.25, -0.2) is 0 Å². The zero-order valence-electron chi connectivity index (χ0n) is 30.6. The third-order valence-electron chi connectivity index (χ3n) is 11.9. The number of ether oxygens (including phenoxy) is 2. The smallest absolute Gasteiger partial charge is 0.260 e. The molecule has 0 bridgehead atoms. The van der Waals surface area contributed by atoms with Crippen LogP contribution in [0, 0.1) is 23.7 Å². The Balaban J connectivity index is 1.29. The Hall–Kier alpha value is -5.52. The lowest BCUT2D eigenvalue weighted by molar-refractivity contribution is -0.141. The van der Waals surface area contributed by atoms with Gasteiger partial charge in [0.1, 0.15) is 11.5 Å². The molecular formula is C43H39Cl2N3O8. The Morgan fingerprint density at radius 2 is 1.64 bits per heavy atom. The summed E-state index contributed by atoms with van der Waals surface area (Å²) in [6.07, 6.45) is 2.63. The van der Waals surface area contributed by atoms with E-state index in [1.165, 1.54) is 18.1 Å². The van der Waals surface area contributed by atoms with Gasteiger partial charge in [-0.1, -0.05) is 71.2 Å². The molecule has 3 fully saturated rings. The lowest BCUT2D eigenvalue weighted by Gasteiger charge is -2.50. The zero-order chi connectivity index (χ0) is 39.5. The van der Waals surface area contributed by atoms with E-state index < -0.39 is 46.8 Å². The number of nitrogens with zero attached hydrogens (tertiary/aromatic N) is 2. The largest absolute Gasteiger partial charge is 0.508 e. The Morgan fingerprint density at radius 1 is 0.893 bits per heavy atom. The van der Waals surface area contributed by atoms with Crippen molar-refractivity contribution >= 4 is 52.5 Å². The van der Waals surface area contributed by atoms with Crippen molar-refractivity contribution in [2.24, 2.45) is 23.7 Å². The molecule has 4 aliphatic rings. The van der Waals surface area contributed by atoms with E-state index in [2.05, 4.69) is 5.43 Å². The predicted molar refractivity (Wildman–Crippen MR) is 208 cm³/mol. The van der Waals surface area contributed by atoms with Gasteiger partial charge in [-0.2, -0.15) is 5.01 Å². The number of rotatable bonds is 10. The second-order valence-electron chi connectivity index (χ2n) is 14.6. The molecule has 2 aliphatic heterocycles. The minimum absolute atomic E-state index is 0.0728. The summed E-state index contributed by atoms with van der Waals surface area (Å²) in [7, 11) is 1.53. The number of halogens is 2. The van der Waals surface area contributed by atoms with Crippen LogP contribution >= 0.6 is 23.2 Å². The molecule has 0 spiro atoms. The number of nitrogens with one attached hydrogen (secondary N) is 1. The van der Waals surface area contributed by atoms with E-state index >= 15 is 4.79 Å². The first-order valence-electron chi connectivity index (χ1n) is 18.5. The van der Waals surface area contributed by atoms with Gasteiger partial charge in [-0.05, 0) is 91.8 Å². The number of benzene rings is 4. The summed E-state index contributed by atoms with van der Waals surface area (Å²) in [5.41, 5.74) is 4.01. The van der Waals surface area contributed by atoms with Crippen molar-refractivity contribution < 1.29 is 38.9 Å². The quantitative estimate of drug-likeness (QED) is 0.114. The van der Waals surface area contributed by atoms with E-state index in [4.69, 9.17) is 32.7 Å². The number of phenols is 2. The lowest BCUT2D eigenvalue weighted by Crippen LogP contribution is -2.53. The molecule has 2 aliphatic carbocycles. The Bertz CT molecular complexity index is 2280. The van der Waals surface area contributed by atoms with Gasteiger partial charge in [-0.3, -0.25) is 29.5 Å². The number of amides is 4. The number of aromatic hydroxyl groups is 2. The number of hydrogen-bond acceptors (Lipinski definition) is 9. The Morgan fingerprint density at radius 3 is 2.34 bits per heavy atom. The summed E-state index contributed by atoms with van der Waals surface area (Å²) in [6.45, 7) is 2.20. The number of methoxy groups -OCH3 is 1. The summed E-state index contributed by atoms with van der Waals surface area (Å²) < 4.78 is 11.3. The SMILES string of the molecule is CCOc1cccc([C@H]2C3=CC[C@@H]4C(=O)N(CCc5ccc(O)cc5)C(=O)[C@@H]4[C@@H]3C[C@H]3C(=O)N(Nc4ccc(Cl)cc4Cl)C(=O)[C@@]23c2ccc(OC)cc2)c1O. The van der Waals surface area contributed by atoms with E-state index in [9.17, 15) is 24.6 Å². The first-order valence-corrected chi connectivity index (χ1v) is 19.3. The third kappa shape index (κ3) is 5.87. The maximum atomic E-state index is 15.5. The van der Waals surface area contributed by atoms with Gasteiger partial charge < -0.3 is 19.7 Å². The molecule has 13 heteroatoms. The zero-order valence-corrected chi connectivity index (χ0v) is 32.1. The number of carbonyl (C=O) groups excluding carboxylic acids is 4. The van der Waals surface area contributed by atoms with Crippen LogP contribution in [-0.2, 0) is 31.0 Å². The number of fused-ring (bicyclic) bond motifs is 4. The first-order chi connectivity index (χ1) is 27.0. The predicted octanol–water partition coefficient (Wildman–Crippen LogP) is 7.04. The van der Waals surface area contributed by atoms with Crippen molar-refractivity contribution in [3.05, 3.63) is 123 Å². The number of para-hydroxylation sites is 1. The van der Waals surface area contributed by atoms with Crippen molar-refractivity contribution in [1.29, 1.82) is 0 Å². The molecule has 4 aromatic rings. The normalized spacial score (nSPS) is 25.4. The second-order valence-corrected chi connectivity index (χ2v) is 15.4. The van der Waals surface area contributed by atoms with E-state index in [1.807, 2.05) is 6.08 Å². The summed E-state index contributed by atoms with van der Waals surface area (Å²) in [5, 5.41) is 23.3. The van der Waals surface area contributed by atoms with Crippen LogP contribution in [0.5, 0.6) is 23.0 Å². The van der Waals surface area contributed by atoms with Crippen LogP contribution in [0.25, 0.3) is 0 Å². The summed E-state index contributed by atoms with van der Waals surface area (Å²) in [5.74, 6) is -5.21. The molecule has 0 radical (unpaired) electrons. The number of carbonyl (C=O) groups is 4. The molecule has 56 heavy (non-hydrogen) atoms. The highest BCUT2D eigenvalue weighted by atomic mass is 35.5. The van der Waals surface area contributed by atoms with Crippen molar-refractivity contribution in [3.8, 4) is 23.0 Å². The van der Waals surface area contributed by atoms with Crippen LogP contribution in [0.15, 0.2) is 96.6 Å². The average molecular weight is 797 g/mol. The third-order valence-corrected chi connectivity index (χ3v) is 12.4. The number of imide groups is 2. The molecular weight excluding hydrogens is 757 g/mol. The summed E-state index contributed by atoms with van der Waals surface area (Å²) in [4.78, 5) is 60.3. The monoisotopic (exact) mass is 795 g/mol. The molecule has 2 heterocycles. The van der Waals surface area contributed by atoms with Crippen LogP contribution < -0.4 is 14.9 Å². The fraction of sp³-hybridized carbons (Fsp3) is 0.302. The standard InChI is InChI=1S/C43H39Cl2N3O8/c1-3-56-35-6-4-5-30(38(35)50)37-28-16-17-29-36(41(53)47(39(29)51)20-19-23-7-12-26(49)13-8-23)31(28)22-32-40(52)48(46-34-18-11-25(44)21-33(34)45)42(54)43(32,37)24-9-14-27(55-2)15-10-24/h4-16,18,21,29,31-32,36-37,46,49-50H,3,17,19-20,22H2,1-2H3/t29-,31+,32-,36-,37+,43+/m0/s1. The van der Waals surface area contributed by atoms with Crippen LogP contribution in [0.4, 0.5) is 5.69 Å². The molecule has 3 N–H and O–H groups in total. The van der Waals surface area contributed by atoms with Crippen LogP contribution in [0.1, 0.15) is 42.4 Å². The van der Waals surface area contributed by atoms with E-state index in [1.54, 1.807) is 85.8 Å². The number of hydrogen-bond donors (Lipinski definition) is 3. The number of hydrazine groups is 1. The molecule has 4 aromatic carbocycles. The van der Waals surface area contributed by atoms with E-state index in [-0.39, 0.29) is 65.8 Å². The van der Waals surface area contributed by atoms with Gasteiger partial charge >= 0.3 is 0 Å². The van der Waals surface area contributed by atoms with Gasteiger partial charge in [0.2, 0.25) is 11.8 Å². The van der Waals surface area contributed by atoms with Gasteiger partial charge in [-0.15, -0.1) is 0 Å². The first kappa shape index (κ1) is 37.4. The van der Waals surface area contributed by atoms with E-state index in [0.717, 1.165) is 10.6 Å². The summed E-state index contributed by atoms with van der Waals surface area (Å²) >= 11 is 12.7. The maximum Gasteiger partial charge on any atom is 0.260 e. The number of anilines is 1. The van der Waals surface area contributed by atoms with Crippen molar-refractivity contribution in [3.63, 3.8) is 0 Å². The van der Waals surface area contributed by atoms with Gasteiger partial charge in [0.05, 0.1) is 47.6 Å². The molecule has 0 aromatic heterocycles. The van der Waals surface area contributed by atoms with Crippen molar-refractivity contribution in [1.82, 2.24) is 9.91 Å². The number of allylic oxidation sites excluding steroid dienone is 2. The van der Waals surface area contributed by atoms with Gasteiger partial charge in [0.25, 0.3) is 11.8 Å².